The standard InChI is InChI=1S/C12H16N2O5/c1-18-5-4-14-11(15)7-19-8-2-3-9(12(16)17)10(13)6-8/h2-3,6H,4-5,7,13H2,1H3,(H,14,15)(H,16,17). The number of anilines is 1. The second kappa shape index (κ2) is 7.22. The molecular formula is C12H16N2O5. The summed E-state index contributed by atoms with van der Waals surface area (Å²) in [5, 5.41) is 11.4. The first-order chi connectivity index (χ1) is 9.04. The zero-order chi connectivity index (χ0) is 14.3. The lowest BCUT2D eigenvalue weighted by Gasteiger charge is -2.08. The van der Waals surface area contributed by atoms with E-state index in [9.17, 15) is 9.59 Å². The number of carbonyl (C=O) groups is 2. The Kier molecular flexibility index (Phi) is 5.62. The van der Waals surface area contributed by atoms with Crippen molar-refractivity contribution in [2.45, 2.75) is 0 Å². The molecule has 0 atom stereocenters. The molecule has 0 heterocycles. The van der Waals surface area contributed by atoms with Crippen LogP contribution < -0.4 is 15.8 Å². The first-order valence-corrected chi connectivity index (χ1v) is 5.56. The average molecular weight is 268 g/mol. The number of benzene rings is 1. The Hall–Kier alpha value is -2.28. The van der Waals surface area contributed by atoms with Gasteiger partial charge in [-0.15, -0.1) is 0 Å². The number of carboxylic acid groups (broad SMARTS) is 1. The Balaban J connectivity index is 2.48. The fraction of sp³-hybridized carbons (Fsp3) is 0.333. The van der Waals surface area contributed by atoms with Crippen molar-refractivity contribution >= 4 is 17.6 Å². The minimum Gasteiger partial charge on any atom is -0.484 e. The summed E-state index contributed by atoms with van der Waals surface area (Å²) in [6, 6.07) is 4.14. The molecule has 0 bridgehead atoms. The van der Waals surface area contributed by atoms with Gasteiger partial charge in [0.1, 0.15) is 5.75 Å². The van der Waals surface area contributed by atoms with Gasteiger partial charge in [0.05, 0.1) is 12.2 Å². The van der Waals surface area contributed by atoms with Crippen molar-refractivity contribution in [2.24, 2.45) is 0 Å². The number of nitrogens with two attached hydrogens (primary N) is 1. The first-order valence-electron chi connectivity index (χ1n) is 5.56. The van der Waals surface area contributed by atoms with E-state index in [-0.39, 0.29) is 23.8 Å². The number of nitrogens with one attached hydrogen (secondary N) is 1. The van der Waals surface area contributed by atoms with Gasteiger partial charge >= 0.3 is 5.97 Å². The molecule has 7 heteroatoms. The van der Waals surface area contributed by atoms with Crippen LogP contribution in [0.25, 0.3) is 0 Å². The third-order valence-corrected chi connectivity index (χ3v) is 2.25. The van der Waals surface area contributed by atoms with E-state index in [0.717, 1.165) is 0 Å². The van der Waals surface area contributed by atoms with Crippen LogP contribution in [0.3, 0.4) is 0 Å². The molecule has 0 radical (unpaired) electrons. The van der Waals surface area contributed by atoms with E-state index in [4.69, 9.17) is 20.3 Å². The number of nitrogen functional groups attached to an aromatic ring is 1. The van der Waals surface area contributed by atoms with Gasteiger partial charge in [-0.25, -0.2) is 4.79 Å². The molecule has 0 aliphatic heterocycles. The Morgan fingerprint density at radius 1 is 1.42 bits per heavy atom. The summed E-state index contributed by atoms with van der Waals surface area (Å²) < 4.78 is 9.97. The number of rotatable bonds is 7. The second-order valence-corrected chi connectivity index (χ2v) is 3.69. The number of amides is 1. The fourth-order valence-electron chi connectivity index (χ4n) is 1.32. The fourth-order valence-corrected chi connectivity index (χ4v) is 1.32. The Morgan fingerprint density at radius 2 is 2.16 bits per heavy atom. The lowest BCUT2D eigenvalue weighted by molar-refractivity contribution is -0.123. The van der Waals surface area contributed by atoms with Crippen LogP contribution in [0.1, 0.15) is 10.4 Å². The number of ether oxygens (including phenoxy) is 2. The average Bonchev–Trinajstić information content (AvgIpc) is 2.36. The van der Waals surface area contributed by atoms with E-state index < -0.39 is 5.97 Å². The maximum atomic E-state index is 11.3. The highest BCUT2D eigenvalue weighted by molar-refractivity contribution is 5.93. The smallest absolute Gasteiger partial charge is 0.337 e. The van der Waals surface area contributed by atoms with Gasteiger partial charge in [-0.2, -0.15) is 0 Å². The van der Waals surface area contributed by atoms with Gasteiger partial charge < -0.3 is 25.6 Å². The molecule has 0 fully saturated rings. The number of aromatic carboxylic acids is 1. The van der Waals surface area contributed by atoms with Gasteiger partial charge in [0.2, 0.25) is 0 Å². The van der Waals surface area contributed by atoms with Crippen LogP contribution in [0.15, 0.2) is 18.2 Å². The second-order valence-electron chi connectivity index (χ2n) is 3.69. The van der Waals surface area contributed by atoms with Crippen LogP contribution in [-0.2, 0) is 9.53 Å². The summed E-state index contributed by atoms with van der Waals surface area (Å²) in [6.07, 6.45) is 0. The van der Waals surface area contributed by atoms with E-state index in [1.807, 2.05) is 0 Å². The van der Waals surface area contributed by atoms with Crippen molar-refractivity contribution in [3.63, 3.8) is 0 Å². The molecule has 7 nitrogen and oxygen atoms in total. The molecule has 0 saturated carbocycles. The van der Waals surface area contributed by atoms with E-state index in [0.29, 0.717) is 18.9 Å². The topological polar surface area (TPSA) is 111 Å². The lowest BCUT2D eigenvalue weighted by Crippen LogP contribution is -2.31. The van der Waals surface area contributed by atoms with Crippen molar-refractivity contribution in [3.8, 4) is 5.75 Å². The van der Waals surface area contributed by atoms with Crippen LogP contribution in [0.2, 0.25) is 0 Å². The van der Waals surface area contributed by atoms with Crippen molar-refractivity contribution in [1.82, 2.24) is 5.32 Å². The molecule has 1 rings (SSSR count). The van der Waals surface area contributed by atoms with E-state index in [1.54, 1.807) is 0 Å². The Morgan fingerprint density at radius 3 is 2.74 bits per heavy atom. The molecule has 0 aromatic heterocycles. The number of carbonyl (C=O) groups excluding carboxylic acids is 1. The van der Waals surface area contributed by atoms with Crippen LogP contribution in [-0.4, -0.2) is 43.9 Å². The van der Waals surface area contributed by atoms with Gasteiger partial charge in [0, 0.05) is 25.4 Å². The molecule has 1 aromatic carbocycles. The van der Waals surface area contributed by atoms with Crippen molar-refractivity contribution in [3.05, 3.63) is 23.8 Å². The number of hydrogen-bond acceptors (Lipinski definition) is 5. The summed E-state index contributed by atoms with van der Waals surface area (Å²) in [5.74, 6) is -1.07. The van der Waals surface area contributed by atoms with Crippen molar-refractivity contribution < 1.29 is 24.2 Å². The SMILES string of the molecule is COCCNC(=O)COc1ccc(C(=O)O)c(N)c1. The third-order valence-electron chi connectivity index (χ3n) is 2.25. The van der Waals surface area contributed by atoms with E-state index in [1.165, 1.54) is 25.3 Å². The van der Waals surface area contributed by atoms with Crippen LogP contribution in [0, 0.1) is 0 Å². The van der Waals surface area contributed by atoms with Crippen LogP contribution >= 0.6 is 0 Å². The number of hydrogen-bond donors (Lipinski definition) is 3. The highest BCUT2D eigenvalue weighted by atomic mass is 16.5. The van der Waals surface area contributed by atoms with Gasteiger partial charge in [-0.1, -0.05) is 0 Å². The molecule has 1 aromatic rings. The van der Waals surface area contributed by atoms with Gasteiger partial charge in [0.25, 0.3) is 5.91 Å². The summed E-state index contributed by atoms with van der Waals surface area (Å²) in [7, 11) is 1.54. The largest absolute Gasteiger partial charge is 0.484 e. The van der Waals surface area contributed by atoms with Gasteiger partial charge in [-0.3, -0.25) is 4.79 Å². The molecule has 0 aliphatic rings. The Labute approximate surface area is 110 Å². The quantitative estimate of drug-likeness (QED) is 0.478. The predicted octanol–water partition coefficient (Wildman–Crippen LogP) is 0.108. The number of methoxy groups -OCH3 is 1. The van der Waals surface area contributed by atoms with E-state index >= 15 is 0 Å². The molecular weight excluding hydrogens is 252 g/mol. The lowest BCUT2D eigenvalue weighted by atomic mass is 10.2. The summed E-state index contributed by atoms with van der Waals surface area (Å²) in [4.78, 5) is 22.1. The molecule has 1 amide bonds. The molecule has 0 unspecified atom stereocenters. The summed E-state index contributed by atoms with van der Waals surface area (Å²) in [5.41, 5.74) is 5.63. The number of carboxylic acids is 1. The molecule has 19 heavy (non-hydrogen) atoms. The molecule has 4 N–H and O–H groups in total. The minimum atomic E-state index is -1.11. The minimum absolute atomic E-state index is 0.00287. The van der Waals surface area contributed by atoms with Crippen LogP contribution in [0.5, 0.6) is 5.75 Å². The molecule has 0 spiro atoms. The predicted molar refractivity (Wildman–Crippen MR) is 68.2 cm³/mol. The highest BCUT2D eigenvalue weighted by Gasteiger charge is 2.09. The van der Waals surface area contributed by atoms with Crippen LogP contribution in [0.4, 0.5) is 5.69 Å². The molecule has 0 aliphatic carbocycles. The third kappa shape index (κ3) is 4.84. The van der Waals surface area contributed by atoms with Crippen molar-refractivity contribution in [1.29, 1.82) is 0 Å². The molecule has 104 valence electrons. The van der Waals surface area contributed by atoms with E-state index in [2.05, 4.69) is 5.32 Å². The first kappa shape index (κ1) is 14.8. The Bertz CT molecular complexity index is 461. The van der Waals surface area contributed by atoms with Gasteiger partial charge in [0.15, 0.2) is 6.61 Å². The normalized spacial score (nSPS) is 9.95. The molecule has 0 saturated heterocycles. The monoisotopic (exact) mass is 268 g/mol. The van der Waals surface area contributed by atoms with Crippen molar-refractivity contribution in [2.75, 3.05) is 32.6 Å². The summed E-state index contributed by atoms with van der Waals surface area (Å²) >= 11 is 0. The maximum Gasteiger partial charge on any atom is 0.337 e. The maximum absolute atomic E-state index is 11.3. The van der Waals surface area contributed by atoms with Gasteiger partial charge in [-0.05, 0) is 12.1 Å². The zero-order valence-corrected chi connectivity index (χ0v) is 10.5. The zero-order valence-electron chi connectivity index (χ0n) is 10.5. The summed E-state index contributed by atoms with van der Waals surface area (Å²) in [6.45, 7) is 0.653. The highest BCUT2D eigenvalue weighted by Crippen LogP contribution is 2.19.